The van der Waals surface area contributed by atoms with E-state index in [0.717, 1.165) is 45.3 Å². The maximum absolute atomic E-state index is 10.8. The number of rotatable bonds is 6. The molecule has 0 unspecified atom stereocenters. The predicted molar refractivity (Wildman–Crippen MR) is 91.9 cm³/mol. The smallest absolute Gasteiger partial charge is 0.209 e. The van der Waals surface area contributed by atoms with E-state index >= 15 is 0 Å². The standard InChI is InChI=1S/C19H25N3O/c1-19(9-12-21(16-23)13-10-19)8-5-11-22-15-20-14-18(22)17-6-3-2-4-7-17/h2-4,6-7,14-16H,5,8-13H2,1H3. The van der Waals surface area contributed by atoms with Crippen LogP contribution in [0.25, 0.3) is 11.3 Å². The molecule has 4 nitrogen and oxygen atoms in total. The van der Waals surface area contributed by atoms with E-state index in [9.17, 15) is 4.79 Å². The van der Waals surface area contributed by atoms with Crippen molar-refractivity contribution in [2.45, 2.75) is 39.2 Å². The van der Waals surface area contributed by atoms with Crippen LogP contribution in [-0.2, 0) is 11.3 Å². The lowest BCUT2D eigenvalue weighted by atomic mass is 9.77. The molecule has 1 amide bonds. The summed E-state index contributed by atoms with van der Waals surface area (Å²) in [6.07, 6.45) is 9.43. The van der Waals surface area contributed by atoms with E-state index in [1.807, 2.05) is 23.5 Å². The summed E-state index contributed by atoms with van der Waals surface area (Å²) in [5.74, 6) is 0. The van der Waals surface area contributed by atoms with Gasteiger partial charge in [0.2, 0.25) is 6.41 Å². The van der Waals surface area contributed by atoms with Crippen molar-refractivity contribution in [1.29, 1.82) is 0 Å². The van der Waals surface area contributed by atoms with Gasteiger partial charge in [-0.25, -0.2) is 4.98 Å². The molecule has 122 valence electrons. The number of hydrogen-bond acceptors (Lipinski definition) is 2. The molecule has 0 aliphatic carbocycles. The summed E-state index contributed by atoms with van der Waals surface area (Å²) in [5, 5.41) is 0. The van der Waals surface area contributed by atoms with Crippen molar-refractivity contribution in [3.63, 3.8) is 0 Å². The molecular weight excluding hydrogens is 286 g/mol. The molecule has 1 saturated heterocycles. The molecule has 2 aromatic rings. The van der Waals surface area contributed by atoms with E-state index in [1.165, 1.54) is 17.7 Å². The van der Waals surface area contributed by atoms with Crippen LogP contribution in [0, 0.1) is 5.41 Å². The minimum Gasteiger partial charge on any atom is -0.345 e. The quantitative estimate of drug-likeness (QED) is 0.765. The summed E-state index contributed by atoms with van der Waals surface area (Å²) in [6.45, 7) is 5.17. The van der Waals surface area contributed by atoms with Crippen molar-refractivity contribution in [2.75, 3.05) is 13.1 Å². The van der Waals surface area contributed by atoms with Gasteiger partial charge in [0.25, 0.3) is 0 Å². The largest absolute Gasteiger partial charge is 0.345 e. The molecule has 0 spiro atoms. The Morgan fingerprint density at radius 2 is 1.96 bits per heavy atom. The minimum atomic E-state index is 0.368. The highest BCUT2D eigenvalue weighted by atomic mass is 16.1. The second-order valence-corrected chi connectivity index (χ2v) is 6.89. The topological polar surface area (TPSA) is 38.1 Å². The van der Waals surface area contributed by atoms with Gasteiger partial charge in [0.05, 0.1) is 18.2 Å². The molecule has 3 rings (SSSR count). The molecule has 1 aliphatic rings. The van der Waals surface area contributed by atoms with E-state index in [1.54, 1.807) is 0 Å². The number of hydrogen-bond donors (Lipinski definition) is 0. The molecule has 1 aliphatic heterocycles. The third-order valence-electron chi connectivity index (χ3n) is 5.12. The molecule has 0 radical (unpaired) electrons. The second kappa shape index (κ2) is 6.99. The third-order valence-corrected chi connectivity index (χ3v) is 5.12. The molecule has 0 N–H and O–H groups in total. The second-order valence-electron chi connectivity index (χ2n) is 6.89. The summed E-state index contributed by atoms with van der Waals surface area (Å²) in [7, 11) is 0. The maximum atomic E-state index is 10.8. The van der Waals surface area contributed by atoms with Crippen LogP contribution in [-0.4, -0.2) is 34.0 Å². The van der Waals surface area contributed by atoms with Crippen LogP contribution in [0.4, 0.5) is 0 Å². The van der Waals surface area contributed by atoms with E-state index in [0.29, 0.717) is 5.41 Å². The molecule has 1 aromatic heterocycles. The number of piperidine rings is 1. The first kappa shape index (κ1) is 15.8. The van der Waals surface area contributed by atoms with Gasteiger partial charge in [0, 0.05) is 19.6 Å². The molecule has 0 bridgehead atoms. The van der Waals surface area contributed by atoms with Gasteiger partial charge in [0.15, 0.2) is 0 Å². The third kappa shape index (κ3) is 3.81. The van der Waals surface area contributed by atoms with Gasteiger partial charge in [-0.2, -0.15) is 0 Å². The number of carbonyl (C=O) groups is 1. The summed E-state index contributed by atoms with van der Waals surface area (Å²) in [4.78, 5) is 17.0. The summed E-state index contributed by atoms with van der Waals surface area (Å²) < 4.78 is 2.25. The van der Waals surface area contributed by atoms with Crippen molar-refractivity contribution in [1.82, 2.24) is 14.5 Å². The number of amides is 1. The molecule has 4 heteroatoms. The van der Waals surface area contributed by atoms with Crippen LogP contribution in [0.3, 0.4) is 0 Å². The molecule has 1 aromatic carbocycles. The van der Waals surface area contributed by atoms with Gasteiger partial charge >= 0.3 is 0 Å². The van der Waals surface area contributed by atoms with E-state index in [2.05, 4.69) is 40.7 Å². The number of nitrogens with zero attached hydrogens (tertiary/aromatic N) is 3. The zero-order valence-corrected chi connectivity index (χ0v) is 13.8. The first-order valence-electron chi connectivity index (χ1n) is 8.45. The number of aryl methyl sites for hydroxylation is 1. The first-order valence-corrected chi connectivity index (χ1v) is 8.45. The van der Waals surface area contributed by atoms with Crippen LogP contribution >= 0.6 is 0 Å². The Morgan fingerprint density at radius 1 is 1.22 bits per heavy atom. The van der Waals surface area contributed by atoms with Crippen molar-refractivity contribution >= 4 is 6.41 Å². The van der Waals surface area contributed by atoms with Crippen molar-refractivity contribution in [2.24, 2.45) is 5.41 Å². The van der Waals surface area contributed by atoms with Crippen LogP contribution < -0.4 is 0 Å². The number of imidazole rings is 1. The number of benzene rings is 1. The molecular formula is C19H25N3O. The lowest BCUT2D eigenvalue weighted by Gasteiger charge is -2.38. The monoisotopic (exact) mass is 311 g/mol. The Balaban J connectivity index is 1.56. The highest BCUT2D eigenvalue weighted by molar-refractivity contribution is 5.58. The van der Waals surface area contributed by atoms with Crippen molar-refractivity contribution < 1.29 is 4.79 Å². The van der Waals surface area contributed by atoms with Crippen molar-refractivity contribution in [3.8, 4) is 11.3 Å². The summed E-state index contributed by atoms with van der Waals surface area (Å²) in [6, 6.07) is 10.4. The Morgan fingerprint density at radius 3 is 2.65 bits per heavy atom. The average molecular weight is 311 g/mol. The van der Waals surface area contributed by atoms with Gasteiger partial charge in [-0.1, -0.05) is 37.3 Å². The molecule has 0 atom stereocenters. The van der Waals surface area contributed by atoms with Crippen LogP contribution in [0.15, 0.2) is 42.9 Å². The fourth-order valence-corrected chi connectivity index (χ4v) is 3.44. The fourth-order valence-electron chi connectivity index (χ4n) is 3.44. The molecule has 23 heavy (non-hydrogen) atoms. The maximum Gasteiger partial charge on any atom is 0.209 e. The number of carbonyl (C=O) groups excluding carboxylic acids is 1. The van der Waals surface area contributed by atoms with E-state index in [4.69, 9.17) is 0 Å². The van der Waals surface area contributed by atoms with Gasteiger partial charge < -0.3 is 9.47 Å². The zero-order chi connectivity index (χ0) is 16.1. The minimum absolute atomic E-state index is 0.368. The van der Waals surface area contributed by atoms with Crippen LogP contribution in [0.1, 0.15) is 32.6 Å². The fraction of sp³-hybridized carbons (Fsp3) is 0.474. The van der Waals surface area contributed by atoms with E-state index < -0.39 is 0 Å². The van der Waals surface area contributed by atoms with Crippen LogP contribution in [0.5, 0.6) is 0 Å². The highest BCUT2D eigenvalue weighted by Crippen LogP contribution is 2.35. The Hall–Kier alpha value is -2.10. The predicted octanol–water partition coefficient (Wildman–Crippen LogP) is 3.59. The summed E-state index contributed by atoms with van der Waals surface area (Å²) in [5.41, 5.74) is 2.77. The lowest BCUT2D eigenvalue weighted by Crippen LogP contribution is -2.37. The average Bonchev–Trinajstić information content (AvgIpc) is 3.05. The molecule has 1 fully saturated rings. The number of aromatic nitrogens is 2. The van der Waals surface area contributed by atoms with Gasteiger partial charge in [-0.15, -0.1) is 0 Å². The normalized spacial score (nSPS) is 17.2. The lowest BCUT2D eigenvalue weighted by molar-refractivity contribution is -0.120. The Labute approximate surface area is 138 Å². The highest BCUT2D eigenvalue weighted by Gasteiger charge is 2.28. The Bertz CT molecular complexity index is 627. The van der Waals surface area contributed by atoms with Crippen LogP contribution in [0.2, 0.25) is 0 Å². The van der Waals surface area contributed by atoms with Gasteiger partial charge in [0.1, 0.15) is 0 Å². The van der Waals surface area contributed by atoms with Gasteiger partial charge in [-0.3, -0.25) is 4.79 Å². The first-order chi connectivity index (χ1) is 11.2. The summed E-state index contributed by atoms with van der Waals surface area (Å²) >= 11 is 0. The van der Waals surface area contributed by atoms with Gasteiger partial charge in [-0.05, 0) is 36.7 Å². The number of likely N-dealkylation sites (tertiary alicyclic amines) is 1. The molecule has 2 heterocycles. The molecule has 0 saturated carbocycles. The SMILES string of the molecule is CC1(CCCn2cncc2-c2ccccc2)CCN(C=O)CC1. The zero-order valence-electron chi connectivity index (χ0n) is 13.8. The Kier molecular flexibility index (Phi) is 4.79. The van der Waals surface area contributed by atoms with Crippen molar-refractivity contribution in [3.05, 3.63) is 42.9 Å². The van der Waals surface area contributed by atoms with E-state index in [-0.39, 0.29) is 0 Å².